The first-order chi connectivity index (χ1) is 7.58. The molecule has 0 saturated carbocycles. The van der Waals surface area contributed by atoms with Gasteiger partial charge in [0.05, 0.1) is 11.7 Å². The Morgan fingerprint density at radius 2 is 2.25 bits per heavy atom. The van der Waals surface area contributed by atoms with Crippen molar-refractivity contribution < 1.29 is 4.79 Å². The summed E-state index contributed by atoms with van der Waals surface area (Å²) in [6.45, 7) is 7.42. The van der Waals surface area contributed by atoms with Gasteiger partial charge in [-0.1, -0.05) is 0 Å². The van der Waals surface area contributed by atoms with Gasteiger partial charge in [-0.15, -0.1) is 0 Å². The van der Waals surface area contributed by atoms with E-state index in [0.717, 1.165) is 31.6 Å². The molecule has 1 amide bonds. The largest absolute Gasteiger partial charge is 0.341 e. The van der Waals surface area contributed by atoms with E-state index in [0.29, 0.717) is 6.04 Å². The molecule has 88 valence electrons. The molecule has 1 atom stereocenters. The molecule has 1 aliphatic rings. The van der Waals surface area contributed by atoms with E-state index in [1.54, 1.807) is 6.92 Å². The zero-order valence-electron chi connectivity index (χ0n) is 10.2. The molecule has 1 aromatic rings. The Hall–Kier alpha value is -1.32. The summed E-state index contributed by atoms with van der Waals surface area (Å²) in [5.74, 6) is 0.172. The topological polar surface area (TPSA) is 38.1 Å². The molecular weight excluding hydrogens is 202 g/mol. The standard InChI is InChI=1S/C12H19N3O/c1-9-7-10(2)15(13-9)12-5-4-6-14(8-12)11(3)16/h7,12H,4-6,8H2,1-3H3. The summed E-state index contributed by atoms with van der Waals surface area (Å²) in [5, 5.41) is 4.51. The Labute approximate surface area is 96.2 Å². The van der Waals surface area contributed by atoms with E-state index in [2.05, 4.69) is 22.8 Å². The lowest BCUT2D eigenvalue weighted by Gasteiger charge is -2.32. The summed E-state index contributed by atoms with van der Waals surface area (Å²) < 4.78 is 2.07. The second kappa shape index (κ2) is 4.28. The number of nitrogens with zero attached hydrogens (tertiary/aromatic N) is 3. The van der Waals surface area contributed by atoms with Gasteiger partial charge in [-0.2, -0.15) is 5.10 Å². The Morgan fingerprint density at radius 3 is 2.81 bits per heavy atom. The van der Waals surface area contributed by atoms with Crippen molar-refractivity contribution in [3.63, 3.8) is 0 Å². The Morgan fingerprint density at radius 1 is 1.50 bits per heavy atom. The third-order valence-electron chi connectivity index (χ3n) is 3.23. The van der Waals surface area contributed by atoms with Gasteiger partial charge >= 0.3 is 0 Å². The Bertz CT molecular complexity index is 397. The van der Waals surface area contributed by atoms with Gasteiger partial charge < -0.3 is 4.90 Å². The van der Waals surface area contributed by atoms with E-state index in [1.807, 2.05) is 11.8 Å². The van der Waals surface area contributed by atoms with Crippen LogP contribution < -0.4 is 0 Å². The summed E-state index contributed by atoms with van der Waals surface area (Å²) in [7, 11) is 0. The summed E-state index contributed by atoms with van der Waals surface area (Å²) in [6.07, 6.45) is 2.19. The van der Waals surface area contributed by atoms with Gasteiger partial charge in [0.2, 0.25) is 5.91 Å². The maximum atomic E-state index is 11.4. The zero-order valence-corrected chi connectivity index (χ0v) is 10.2. The number of aryl methyl sites for hydroxylation is 2. The minimum absolute atomic E-state index is 0.172. The van der Waals surface area contributed by atoms with Gasteiger partial charge in [-0.05, 0) is 32.8 Å². The van der Waals surface area contributed by atoms with Crippen molar-refractivity contribution in [1.29, 1.82) is 0 Å². The van der Waals surface area contributed by atoms with Crippen LogP contribution in [0.3, 0.4) is 0 Å². The summed E-state index contributed by atoms with van der Waals surface area (Å²) in [6, 6.07) is 2.44. The molecule has 2 heterocycles. The SMILES string of the molecule is CC(=O)N1CCCC(n2nc(C)cc2C)C1. The fourth-order valence-electron chi connectivity index (χ4n) is 2.46. The van der Waals surface area contributed by atoms with Crippen molar-refractivity contribution in [3.8, 4) is 0 Å². The molecule has 1 unspecified atom stereocenters. The van der Waals surface area contributed by atoms with Crippen molar-refractivity contribution >= 4 is 5.91 Å². The molecule has 0 N–H and O–H groups in total. The van der Waals surface area contributed by atoms with Crippen LogP contribution in [0.2, 0.25) is 0 Å². The average molecular weight is 221 g/mol. The van der Waals surface area contributed by atoms with E-state index in [-0.39, 0.29) is 5.91 Å². The van der Waals surface area contributed by atoms with Gasteiger partial charge in [-0.25, -0.2) is 0 Å². The van der Waals surface area contributed by atoms with Gasteiger partial charge in [0, 0.05) is 25.7 Å². The van der Waals surface area contributed by atoms with Crippen LogP contribution in [0.1, 0.15) is 37.2 Å². The average Bonchev–Trinajstić information content (AvgIpc) is 2.58. The molecule has 4 nitrogen and oxygen atoms in total. The number of carbonyl (C=O) groups excluding carboxylic acids is 1. The van der Waals surface area contributed by atoms with Gasteiger partial charge in [0.1, 0.15) is 0 Å². The first-order valence-electron chi connectivity index (χ1n) is 5.86. The highest BCUT2D eigenvalue weighted by Crippen LogP contribution is 2.22. The third-order valence-corrected chi connectivity index (χ3v) is 3.23. The molecule has 1 aliphatic heterocycles. The number of hydrogen-bond donors (Lipinski definition) is 0. The second-order valence-electron chi connectivity index (χ2n) is 4.63. The molecule has 16 heavy (non-hydrogen) atoms. The van der Waals surface area contributed by atoms with Crippen LogP contribution in [0.15, 0.2) is 6.07 Å². The van der Waals surface area contributed by atoms with Gasteiger partial charge in [0.15, 0.2) is 0 Å². The first kappa shape index (κ1) is 11.2. The molecule has 0 spiro atoms. The highest BCUT2D eigenvalue weighted by Gasteiger charge is 2.24. The van der Waals surface area contributed by atoms with Crippen LogP contribution in [-0.4, -0.2) is 33.7 Å². The van der Waals surface area contributed by atoms with E-state index in [9.17, 15) is 4.79 Å². The molecule has 2 rings (SSSR count). The van der Waals surface area contributed by atoms with Crippen LogP contribution in [0.4, 0.5) is 0 Å². The lowest BCUT2D eigenvalue weighted by Crippen LogP contribution is -2.39. The van der Waals surface area contributed by atoms with Gasteiger partial charge in [0.25, 0.3) is 0 Å². The molecule has 0 aromatic carbocycles. The highest BCUT2D eigenvalue weighted by molar-refractivity contribution is 5.73. The van der Waals surface area contributed by atoms with E-state index >= 15 is 0 Å². The number of carbonyl (C=O) groups is 1. The highest BCUT2D eigenvalue weighted by atomic mass is 16.2. The molecule has 1 saturated heterocycles. The zero-order chi connectivity index (χ0) is 11.7. The van der Waals surface area contributed by atoms with E-state index < -0.39 is 0 Å². The number of amides is 1. The summed E-state index contributed by atoms with van der Waals surface area (Å²) >= 11 is 0. The Kier molecular flexibility index (Phi) is 2.99. The van der Waals surface area contributed by atoms with Crippen molar-refractivity contribution in [2.24, 2.45) is 0 Å². The number of likely N-dealkylation sites (tertiary alicyclic amines) is 1. The first-order valence-corrected chi connectivity index (χ1v) is 5.86. The Balaban J connectivity index is 2.15. The molecule has 0 bridgehead atoms. The third kappa shape index (κ3) is 2.10. The van der Waals surface area contributed by atoms with Crippen LogP contribution in [0.5, 0.6) is 0 Å². The lowest BCUT2D eigenvalue weighted by molar-refractivity contribution is -0.130. The molecule has 1 aromatic heterocycles. The summed E-state index contributed by atoms with van der Waals surface area (Å²) in [4.78, 5) is 13.3. The lowest BCUT2D eigenvalue weighted by atomic mass is 10.1. The van der Waals surface area contributed by atoms with Gasteiger partial charge in [-0.3, -0.25) is 9.48 Å². The predicted octanol–water partition coefficient (Wildman–Crippen LogP) is 1.68. The van der Waals surface area contributed by atoms with Crippen molar-refractivity contribution in [2.45, 2.75) is 39.7 Å². The van der Waals surface area contributed by atoms with Crippen LogP contribution >= 0.6 is 0 Å². The smallest absolute Gasteiger partial charge is 0.219 e. The van der Waals surface area contributed by atoms with Crippen molar-refractivity contribution in [2.75, 3.05) is 13.1 Å². The quantitative estimate of drug-likeness (QED) is 0.723. The minimum atomic E-state index is 0.172. The molecule has 1 fully saturated rings. The number of hydrogen-bond acceptors (Lipinski definition) is 2. The number of piperidine rings is 1. The molecule has 0 aliphatic carbocycles. The fourth-order valence-corrected chi connectivity index (χ4v) is 2.46. The number of aromatic nitrogens is 2. The van der Waals surface area contributed by atoms with Crippen LogP contribution in [0, 0.1) is 13.8 Å². The molecular formula is C12H19N3O. The fraction of sp³-hybridized carbons (Fsp3) is 0.667. The number of rotatable bonds is 1. The normalized spacial score (nSPS) is 21.2. The maximum absolute atomic E-state index is 11.4. The monoisotopic (exact) mass is 221 g/mol. The van der Waals surface area contributed by atoms with E-state index in [1.165, 1.54) is 5.69 Å². The van der Waals surface area contributed by atoms with E-state index in [4.69, 9.17) is 0 Å². The van der Waals surface area contributed by atoms with Crippen molar-refractivity contribution in [3.05, 3.63) is 17.5 Å². The molecule has 4 heteroatoms. The van der Waals surface area contributed by atoms with Crippen LogP contribution in [0.25, 0.3) is 0 Å². The maximum Gasteiger partial charge on any atom is 0.219 e. The second-order valence-corrected chi connectivity index (χ2v) is 4.63. The summed E-state index contributed by atoms with van der Waals surface area (Å²) in [5.41, 5.74) is 2.24. The van der Waals surface area contributed by atoms with Crippen molar-refractivity contribution in [1.82, 2.24) is 14.7 Å². The van der Waals surface area contributed by atoms with Crippen LogP contribution in [-0.2, 0) is 4.79 Å². The predicted molar refractivity (Wildman–Crippen MR) is 62.2 cm³/mol. The molecule has 0 radical (unpaired) electrons. The minimum Gasteiger partial charge on any atom is -0.341 e.